The van der Waals surface area contributed by atoms with Crippen molar-refractivity contribution < 1.29 is 9.53 Å². The lowest BCUT2D eigenvalue weighted by Crippen LogP contribution is -2.41. The molecule has 2 fully saturated rings. The van der Waals surface area contributed by atoms with Gasteiger partial charge in [0.1, 0.15) is 0 Å². The van der Waals surface area contributed by atoms with Crippen LogP contribution in [0.15, 0.2) is 4.99 Å². The second kappa shape index (κ2) is 12.0. The third-order valence-corrected chi connectivity index (χ3v) is 5.32. The molecule has 3 atom stereocenters. The number of aliphatic imine (C=N–C) groups is 1. The van der Waals surface area contributed by atoms with E-state index in [4.69, 9.17) is 9.73 Å². The van der Waals surface area contributed by atoms with Crippen LogP contribution >= 0.6 is 24.0 Å². The van der Waals surface area contributed by atoms with E-state index in [1.54, 1.807) is 0 Å². The molecule has 0 aliphatic carbocycles. The third kappa shape index (κ3) is 6.87. The Morgan fingerprint density at radius 1 is 1.27 bits per heavy atom. The quantitative estimate of drug-likeness (QED) is 0.274. The van der Waals surface area contributed by atoms with E-state index < -0.39 is 0 Å². The molecule has 7 heteroatoms. The Hall–Kier alpha value is -0.570. The Morgan fingerprint density at radius 3 is 2.58 bits per heavy atom. The Balaban J connectivity index is 0.00000338. The number of hydrogen-bond acceptors (Lipinski definition) is 4. The summed E-state index contributed by atoms with van der Waals surface area (Å²) < 4.78 is 4.94. The maximum absolute atomic E-state index is 11.9. The summed E-state index contributed by atoms with van der Waals surface area (Å²) in [4.78, 5) is 21.6. The number of guanidine groups is 1. The van der Waals surface area contributed by atoms with E-state index in [2.05, 4.69) is 35.9 Å². The lowest BCUT2D eigenvalue weighted by Gasteiger charge is -2.29. The minimum Gasteiger partial charge on any atom is -0.469 e. The van der Waals surface area contributed by atoms with Gasteiger partial charge in [-0.2, -0.15) is 0 Å². The molecule has 6 nitrogen and oxygen atoms in total. The highest BCUT2D eigenvalue weighted by atomic mass is 127. The molecule has 1 N–H and O–H groups in total. The van der Waals surface area contributed by atoms with Gasteiger partial charge in [0, 0.05) is 32.7 Å². The predicted octanol–water partition coefficient (Wildman–Crippen LogP) is 2.43. The van der Waals surface area contributed by atoms with E-state index in [1.807, 2.05) is 0 Å². The summed E-state index contributed by atoms with van der Waals surface area (Å²) in [6.07, 6.45) is 4.04. The average Bonchev–Trinajstić information content (AvgIpc) is 3.00. The average molecular weight is 480 g/mol. The molecule has 2 saturated heterocycles. The molecule has 152 valence electrons. The summed E-state index contributed by atoms with van der Waals surface area (Å²) >= 11 is 0. The van der Waals surface area contributed by atoms with Crippen LogP contribution in [0.2, 0.25) is 0 Å². The SMILES string of the molecule is CCNC(=NCC(C)CN1CCCCC1)N1CC(C)C(C(=O)OC)C1.I. The summed E-state index contributed by atoms with van der Waals surface area (Å²) in [5, 5.41) is 3.39. The van der Waals surface area contributed by atoms with Crippen molar-refractivity contribution in [1.82, 2.24) is 15.1 Å². The van der Waals surface area contributed by atoms with Crippen molar-refractivity contribution in [2.75, 3.05) is 52.9 Å². The highest BCUT2D eigenvalue weighted by Gasteiger charge is 2.36. The van der Waals surface area contributed by atoms with Crippen LogP contribution in [-0.4, -0.2) is 74.7 Å². The van der Waals surface area contributed by atoms with Gasteiger partial charge in [-0.1, -0.05) is 20.3 Å². The minimum atomic E-state index is -0.107. The number of ether oxygens (including phenoxy) is 1. The highest BCUT2D eigenvalue weighted by Crippen LogP contribution is 2.24. The van der Waals surface area contributed by atoms with Gasteiger partial charge in [0.2, 0.25) is 0 Å². The van der Waals surface area contributed by atoms with E-state index in [0.717, 1.165) is 32.1 Å². The molecule has 0 aromatic carbocycles. The van der Waals surface area contributed by atoms with Gasteiger partial charge in [-0.15, -0.1) is 24.0 Å². The molecule has 0 saturated carbocycles. The molecule has 2 heterocycles. The van der Waals surface area contributed by atoms with Gasteiger partial charge in [-0.3, -0.25) is 9.79 Å². The minimum absolute atomic E-state index is 0. The van der Waals surface area contributed by atoms with Crippen molar-refractivity contribution in [1.29, 1.82) is 0 Å². The number of methoxy groups -OCH3 is 1. The second-order valence-corrected chi connectivity index (χ2v) is 7.67. The number of halogens is 1. The smallest absolute Gasteiger partial charge is 0.310 e. The van der Waals surface area contributed by atoms with Crippen LogP contribution < -0.4 is 5.32 Å². The fraction of sp³-hybridized carbons (Fsp3) is 0.895. The second-order valence-electron chi connectivity index (χ2n) is 7.67. The molecule has 2 aliphatic heterocycles. The maximum atomic E-state index is 11.9. The van der Waals surface area contributed by atoms with Crippen LogP contribution in [0.25, 0.3) is 0 Å². The molecular weight excluding hydrogens is 443 g/mol. The van der Waals surface area contributed by atoms with Crippen molar-refractivity contribution >= 4 is 35.9 Å². The lowest BCUT2D eigenvalue weighted by molar-refractivity contribution is -0.145. The number of likely N-dealkylation sites (tertiary alicyclic amines) is 2. The van der Waals surface area contributed by atoms with Crippen LogP contribution in [0, 0.1) is 17.8 Å². The Labute approximate surface area is 176 Å². The summed E-state index contributed by atoms with van der Waals surface area (Å²) in [7, 11) is 1.47. The molecule has 3 unspecified atom stereocenters. The van der Waals surface area contributed by atoms with Gasteiger partial charge >= 0.3 is 5.97 Å². The number of nitrogens with one attached hydrogen (secondary N) is 1. The molecule has 0 aromatic heterocycles. The summed E-state index contributed by atoms with van der Waals surface area (Å²) in [5.41, 5.74) is 0. The van der Waals surface area contributed by atoms with Crippen molar-refractivity contribution in [3.05, 3.63) is 0 Å². The fourth-order valence-electron chi connectivity index (χ4n) is 3.91. The van der Waals surface area contributed by atoms with Crippen molar-refractivity contribution in [3.63, 3.8) is 0 Å². The van der Waals surface area contributed by atoms with Gasteiger partial charge in [-0.25, -0.2) is 0 Å². The predicted molar refractivity (Wildman–Crippen MR) is 117 cm³/mol. The van der Waals surface area contributed by atoms with Crippen LogP contribution in [0.1, 0.15) is 40.0 Å². The first-order valence-electron chi connectivity index (χ1n) is 9.88. The lowest BCUT2D eigenvalue weighted by atomic mass is 9.99. The Bertz CT molecular complexity index is 455. The zero-order chi connectivity index (χ0) is 18.2. The number of hydrogen-bond donors (Lipinski definition) is 1. The molecule has 0 spiro atoms. The van der Waals surface area contributed by atoms with Gasteiger partial charge < -0.3 is 19.9 Å². The first-order valence-corrected chi connectivity index (χ1v) is 9.88. The van der Waals surface area contributed by atoms with Crippen LogP contribution in [0.5, 0.6) is 0 Å². The molecule has 0 radical (unpaired) electrons. The van der Waals surface area contributed by atoms with Gasteiger partial charge in [0.05, 0.1) is 13.0 Å². The molecule has 0 aromatic rings. The zero-order valence-electron chi connectivity index (χ0n) is 16.9. The van der Waals surface area contributed by atoms with Crippen molar-refractivity contribution in [2.45, 2.75) is 40.0 Å². The van der Waals surface area contributed by atoms with E-state index in [1.165, 1.54) is 39.5 Å². The van der Waals surface area contributed by atoms with Crippen molar-refractivity contribution in [3.8, 4) is 0 Å². The summed E-state index contributed by atoms with van der Waals surface area (Å²) in [6.45, 7) is 13.3. The molecule has 0 amide bonds. The number of nitrogens with zero attached hydrogens (tertiary/aromatic N) is 3. The van der Waals surface area contributed by atoms with E-state index in [-0.39, 0.29) is 35.9 Å². The van der Waals surface area contributed by atoms with E-state index >= 15 is 0 Å². The monoisotopic (exact) mass is 480 g/mol. The Morgan fingerprint density at radius 2 is 1.96 bits per heavy atom. The molecular formula is C19H37IN4O2. The van der Waals surface area contributed by atoms with Gasteiger partial charge in [0.15, 0.2) is 5.96 Å². The first kappa shape index (κ1) is 23.5. The van der Waals surface area contributed by atoms with Crippen LogP contribution in [0.4, 0.5) is 0 Å². The number of piperidine rings is 1. The summed E-state index contributed by atoms with van der Waals surface area (Å²) in [5.74, 6) is 1.61. The maximum Gasteiger partial charge on any atom is 0.310 e. The fourth-order valence-corrected chi connectivity index (χ4v) is 3.91. The van der Waals surface area contributed by atoms with E-state index in [0.29, 0.717) is 18.4 Å². The van der Waals surface area contributed by atoms with Gasteiger partial charge in [0.25, 0.3) is 0 Å². The molecule has 2 aliphatic rings. The van der Waals surface area contributed by atoms with Gasteiger partial charge in [-0.05, 0) is 44.7 Å². The first-order chi connectivity index (χ1) is 12.0. The number of carbonyl (C=O) groups excluding carboxylic acids is 1. The summed E-state index contributed by atoms with van der Waals surface area (Å²) in [6, 6.07) is 0. The molecule has 26 heavy (non-hydrogen) atoms. The third-order valence-electron chi connectivity index (χ3n) is 5.32. The molecule has 0 bridgehead atoms. The van der Waals surface area contributed by atoms with Crippen molar-refractivity contribution in [2.24, 2.45) is 22.7 Å². The Kier molecular flexibility index (Phi) is 10.8. The normalized spacial score (nSPS) is 25.5. The molecule has 2 rings (SSSR count). The number of esters is 1. The number of rotatable bonds is 6. The van der Waals surface area contributed by atoms with Crippen LogP contribution in [0.3, 0.4) is 0 Å². The standard InChI is InChI=1S/C19H36N4O2.HI/c1-5-20-19(23-13-16(3)17(14-23)18(24)25-4)21-11-15(2)12-22-9-7-6-8-10-22;/h15-17H,5-14H2,1-4H3,(H,20,21);1H. The largest absolute Gasteiger partial charge is 0.469 e. The number of carbonyl (C=O) groups is 1. The highest BCUT2D eigenvalue weighted by molar-refractivity contribution is 14.0. The zero-order valence-corrected chi connectivity index (χ0v) is 19.2. The topological polar surface area (TPSA) is 57.2 Å². The van der Waals surface area contributed by atoms with E-state index in [9.17, 15) is 4.79 Å². The van der Waals surface area contributed by atoms with Crippen LogP contribution in [-0.2, 0) is 9.53 Å².